The first-order chi connectivity index (χ1) is 9.95. The molecule has 0 aromatic heterocycles. The topological polar surface area (TPSA) is 58.2 Å². The molecular weight excluding hydrogens is 271 g/mol. The Labute approximate surface area is 122 Å². The van der Waals surface area contributed by atoms with Crippen LogP contribution in [0.25, 0.3) is 0 Å². The highest BCUT2D eigenvalue weighted by Crippen LogP contribution is 2.16. The average Bonchev–Trinajstić information content (AvgIpc) is 2.43. The van der Waals surface area contributed by atoms with E-state index in [0.29, 0.717) is 22.5 Å². The third-order valence-corrected chi connectivity index (χ3v) is 2.91. The second-order valence-electron chi connectivity index (χ2n) is 4.67. The number of benzene rings is 2. The number of carbonyl (C=O) groups is 2. The number of nitrogens with one attached hydrogen (secondary N) is 2. The highest BCUT2D eigenvalue weighted by atomic mass is 19.1. The number of hydrogen-bond donors (Lipinski definition) is 2. The van der Waals surface area contributed by atoms with Crippen molar-refractivity contribution in [3.05, 3.63) is 59.4 Å². The van der Waals surface area contributed by atoms with Crippen molar-refractivity contribution in [2.75, 3.05) is 10.6 Å². The maximum Gasteiger partial charge on any atom is 0.256 e. The Morgan fingerprint density at radius 3 is 2.10 bits per heavy atom. The van der Waals surface area contributed by atoms with Gasteiger partial charge >= 0.3 is 0 Å². The van der Waals surface area contributed by atoms with E-state index in [1.165, 1.54) is 19.1 Å². The van der Waals surface area contributed by atoms with Gasteiger partial charge in [-0.2, -0.15) is 0 Å². The second-order valence-corrected chi connectivity index (χ2v) is 4.67. The summed E-state index contributed by atoms with van der Waals surface area (Å²) in [6.07, 6.45) is 0. The van der Waals surface area contributed by atoms with Gasteiger partial charge < -0.3 is 10.6 Å². The molecule has 0 radical (unpaired) electrons. The molecule has 2 aromatic carbocycles. The quantitative estimate of drug-likeness (QED) is 0.909. The van der Waals surface area contributed by atoms with Gasteiger partial charge in [0.15, 0.2) is 0 Å². The molecule has 2 N–H and O–H groups in total. The molecule has 0 spiro atoms. The lowest BCUT2D eigenvalue weighted by atomic mass is 10.1. The lowest BCUT2D eigenvalue weighted by molar-refractivity contribution is -0.114. The van der Waals surface area contributed by atoms with E-state index < -0.39 is 5.82 Å². The van der Waals surface area contributed by atoms with Gasteiger partial charge in [-0.05, 0) is 48.9 Å². The van der Waals surface area contributed by atoms with E-state index in [4.69, 9.17) is 0 Å². The van der Waals surface area contributed by atoms with Gasteiger partial charge in [0.25, 0.3) is 5.91 Å². The summed E-state index contributed by atoms with van der Waals surface area (Å²) in [5, 5.41) is 5.32. The Hall–Kier alpha value is -2.69. The molecule has 0 saturated heterocycles. The van der Waals surface area contributed by atoms with Crippen LogP contribution in [0.4, 0.5) is 15.8 Å². The molecule has 0 aliphatic rings. The zero-order valence-electron chi connectivity index (χ0n) is 11.7. The summed E-state index contributed by atoms with van der Waals surface area (Å²) in [4.78, 5) is 23.0. The summed E-state index contributed by atoms with van der Waals surface area (Å²) in [5.74, 6) is -0.992. The minimum Gasteiger partial charge on any atom is -0.326 e. The summed E-state index contributed by atoms with van der Waals surface area (Å²) < 4.78 is 13.2. The molecule has 2 aromatic rings. The molecule has 0 aliphatic heterocycles. The normalized spacial score (nSPS) is 10.0. The van der Waals surface area contributed by atoms with Crippen molar-refractivity contribution < 1.29 is 14.0 Å². The van der Waals surface area contributed by atoms with Crippen molar-refractivity contribution >= 4 is 23.2 Å². The first-order valence-electron chi connectivity index (χ1n) is 6.41. The number of amides is 2. The fourth-order valence-corrected chi connectivity index (χ4v) is 1.88. The SMILES string of the molecule is CC(=O)Nc1ccc(NC(=O)c2cc(F)ccc2C)cc1. The maximum atomic E-state index is 13.2. The smallest absolute Gasteiger partial charge is 0.256 e. The number of anilines is 2. The maximum absolute atomic E-state index is 13.2. The summed E-state index contributed by atoms with van der Waals surface area (Å²) in [7, 11) is 0. The van der Waals surface area contributed by atoms with E-state index in [1.807, 2.05) is 0 Å². The molecule has 0 heterocycles. The molecule has 0 unspecified atom stereocenters. The Balaban J connectivity index is 2.12. The minimum atomic E-state index is -0.452. The fraction of sp³-hybridized carbons (Fsp3) is 0.125. The zero-order chi connectivity index (χ0) is 15.4. The van der Waals surface area contributed by atoms with Gasteiger partial charge in [0.1, 0.15) is 5.82 Å². The van der Waals surface area contributed by atoms with Crippen LogP contribution >= 0.6 is 0 Å². The van der Waals surface area contributed by atoms with Crippen molar-refractivity contribution in [1.29, 1.82) is 0 Å². The number of rotatable bonds is 3. The van der Waals surface area contributed by atoms with Crippen LogP contribution in [-0.2, 0) is 4.79 Å². The van der Waals surface area contributed by atoms with Gasteiger partial charge in [0.05, 0.1) is 0 Å². The standard InChI is InChI=1S/C16H15FN2O2/c1-10-3-4-12(17)9-15(10)16(21)19-14-7-5-13(6-8-14)18-11(2)20/h3-9H,1-2H3,(H,18,20)(H,19,21). The summed E-state index contributed by atoms with van der Waals surface area (Å²) in [5.41, 5.74) is 2.20. The molecule has 0 fully saturated rings. The van der Waals surface area contributed by atoms with Crippen LogP contribution in [-0.4, -0.2) is 11.8 Å². The molecule has 2 amide bonds. The van der Waals surface area contributed by atoms with Crippen molar-refractivity contribution in [3.8, 4) is 0 Å². The van der Waals surface area contributed by atoms with Gasteiger partial charge in [-0.1, -0.05) is 6.07 Å². The first kappa shape index (κ1) is 14.7. The van der Waals surface area contributed by atoms with E-state index >= 15 is 0 Å². The van der Waals surface area contributed by atoms with Crippen LogP contribution in [0.3, 0.4) is 0 Å². The molecular formula is C16H15FN2O2. The van der Waals surface area contributed by atoms with Crippen LogP contribution in [0, 0.1) is 12.7 Å². The van der Waals surface area contributed by atoms with Crippen molar-refractivity contribution in [3.63, 3.8) is 0 Å². The number of halogens is 1. The molecule has 0 bridgehead atoms. The number of carbonyl (C=O) groups excluding carboxylic acids is 2. The number of aryl methyl sites for hydroxylation is 1. The lowest BCUT2D eigenvalue weighted by Gasteiger charge is -2.09. The van der Waals surface area contributed by atoms with Crippen molar-refractivity contribution in [2.24, 2.45) is 0 Å². The van der Waals surface area contributed by atoms with Crippen LogP contribution in [0.15, 0.2) is 42.5 Å². The molecule has 108 valence electrons. The molecule has 0 atom stereocenters. The third-order valence-electron chi connectivity index (χ3n) is 2.91. The monoisotopic (exact) mass is 286 g/mol. The van der Waals surface area contributed by atoms with E-state index in [0.717, 1.165) is 0 Å². The zero-order valence-corrected chi connectivity index (χ0v) is 11.7. The highest BCUT2D eigenvalue weighted by Gasteiger charge is 2.10. The first-order valence-corrected chi connectivity index (χ1v) is 6.41. The Morgan fingerprint density at radius 2 is 1.52 bits per heavy atom. The number of hydrogen-bond acceptors (Lipinski definition) is 2. The Morgan fingerprint density at radius 1 is 0.952 bits per heavy atom. The lowest BCUT2D eigenvalue weighted by Crippen LogP contribution is -2.13. The summed E-state index contributed by atoms with van der Waals surface area (Å²) in [6.45, 7) is 3.16. The second kappa shape index (κ2) is 6.17. The van der Waals surface area contributed by atoms with E-state index in [2.05, 4.69) is 10.6 Å². The Bertz CT molecular complexity index is 681. The molecule has 0 aliphatic carbocycles. The van der Waals surface area contributed by atoms with Crippen LogP contribution in [0.5, 0.6) is 0 Å². The van der Waals surface area contributed by atoms with Gasteiger partial charge in [-0.25, -0.2) is 4.39 Å². The van der Waals surface area contributed by atoms with E-state index in [1.54, 1.807) is 37.3 Å². The van der Waals surface area contributed by atoms with Crippen LogP contribution in [0.2, 0.25) is 0 Å². The molecule has 2 rings (SSSR count). The largest absolute Gasteiger partial charge is 0.326 e. The fourth-order valence-electron chi connectivity index (χ4n) is 1.88. The minimum absolute atomic E-state index is 0.165. The molecule has 4 nitrogen and oxygen atoms in total. The summed E-state index contributed by atoms with van der Waals surface area (Å²) in [6, 6.07) is 10.8. The third kappa shape index (κ3) is 3.89. The van der Waals surface area contributed by atoms with E-state index in [9.17, 15) is 14.0 Å². The molecule has 0 saturated carbocycles. The van der Waals surface area contributed by atoms with Gasteiger partial charge in [-0.15, -0.1) is 0 Å². The van der Waals surface area contributed by atoms with Gasteiger partial charge in [0, 0.05) is 23.9 Å². The van der Waals surface area contributed by atoms with E-state index in [-0.39, 0.29) is 11.8 Å². The van der Waals surface area contributed by atoms with Gasteiger partial charge in [-0.3, -0.25) is 9.59 Å². The van der Waals surface area contributed by atoms with Crippen molar-refractivity contribution in [2.45, 2.75) is 13.8 Å². The highest BCUT2D eigenvalue weighted by molar-refractivity contribution is 6.05. The molecule has 5 heteroatoms. The molecule has 21 heavy (non-hydrogen) atoms. The van der Waals surface area contributed by atoms with Gasteiger partial charge in [0.2, 0.25) is 5.91 Å². The van der Waals surface area contributed by atoms with Crippen molar-refractivity contribution in [1.82, 2.24) is 0 Å². The van der Waals surface area contributed by atoms with Crippen LogP contribution in [0.1, 0.15) is 22.8 Å². The Kier molecular flexibility index (Phi) is 4.33. The predicted octanol–water partition coefficient (Wildman–Crippen LogP) is 3.34. The average molecular weight is 286 g/mol. The summed E-state index contributed by atoms with van der Waals surface area (Å²) >= 11 is 0. The van der Waals surface area contributed by atoms with Crippen LogP contribution < -0.4 is 10.6 Å². The predicted molar refractivity (Wildman–Crippen MR) is 79.8 cm³/mol.